The Kier molecular flexibility index (Phi) is 4.94. The van der Waals surface area contributed by atoms with Crippen LogP contribution in [0.4, 0.5) is 0 Å². The molecule has 0 amide bonds. The summed E-state index contributed by atoms with van der Waals surface area (Å²) in [6.45, 7) is 0.660. The SMILES string of the molecule is O=c1[nH]c(C=Cc2cn(Cc3ccccc3)nc2-c2cccnc2)nc2ccccc12. The molecule has 6 heteroatoms. The molecule has 31 heavy (non-hydrogen) atoms. The van der Waals surface area contributed by atoms with Crippen molar-refractivity contribution in [3.8, 4) is 11.3 Å². The standard InChI is InChI=1S/C25H19N5O/c31-25-21-10-4-5-11-22(21)27-23(28-25)13-12-20-17-30(16-18-7-2-1-3-8-18)29-24(20)19-9-6-14-26-15-19/h1-15,17H,16H2,(H,27,28,31). The second-order valence-corrected chi connectivity index (χ2v) is 7.16. The number of pyridine rings is 1. The molecule has 0 aliphatic heterocycles. The van der Waals surface area contributed by atoms with Crippen molar-refractivity contribution >= 4 is 23.1 Å². The lowest BCUT2D eigenvalue weighted by Gasteiger charge is -2.01. The highest BCUT2D eigenvalue weighted by atomic mass is 16.1. The van der Waals surface area contributed by atoms with Crippen molar-refractivity contribution in [2.45, 2.75) is 6.54 Å². The Morgan fingerprint density at radius 1 is 0.935 bits per heavy atom. The van der Waals surface area contributed by atoms with E-state index in [1.807, 2.05) is 65.5 Å². The van der Waals surface area contributed by atoms with E-state index < -0.39 is 0 Å². The van der Waals surface area contributed by atoms with E-state index in [1.54, 1.807) is 24.5 Å². The largest absolute Gasteiger partial charge is 0.306 e. The number of nitrogens with zero attached hydrogens (tertiary/aromatic N) is 4. The Morgan fingerprint density at radius 3 is 2.61 bits per heavy atom. The van der Waals surface area contributed by atoms with E-state index in [4.69, 9.17) is 5.10 Å². The number of hydrogen-bond donors (Lipinski definition) is 1. The number of hydrogen-bond acceptors (Lipinski definition) is 4. The van der Waals surface area contributed by atoms with Gasteiger partial charge in [-0.25, -0.2) is 4.98 Å². The quantitative estimate of drug-likeness (QED) is 0.470. The van der Waals surface area contributed by atoms with Gasteiger partial charge in [0.2, 0.25) is 0 Å². The van der Waals surface area contributed by atoms with Crippen LogP contribution in [0.15, 0.2) is 90.1 Å². The van der Waals surface area contributed by atoms with Crippen molar-refractivity contribution in [1.82, 2.24) is 24.7 Å². The lowest BCUT2D eigenvalue weighted by molar-refractivity contribution is 0.689. The van der Waals surface area contributed by atoms with Gasteiger partial charge in [0.15, 0.2) is 0 Å². The molecule has 0 unspecified atom stereocenters. The molecule has 6 nitrogen and oxygen atoms in total. The van der Waals surface area contributed by atoms with Crippen LogP contribution in [0.5, 0.6) is 0 Å². The summed E-state index contributed by atoms with van der Waals surface area (Å²) in [4.78, 5) is 24.0. The number of H-pyrrole nitrogens is 1. The number of benzene rings is 2. The molecule has 0 aliphatic carbocycles. The Hall–Kier alpha value is -4.32. The fourth-order valence-corrected chi connectivity index (χ4v) is 3.49. The third kappa shape index (κ3) is 4.04. The minimum absolute atomic E-state index is 0.155. The number of fused-ring (bicyclic) bond motifs is 1. The summed E-state index contributed by atoms with van der Waals surface area (Å²) in [6.07, 6.45) is 9.25. The molecular formula is C25H19N5O. The summed E-state index contributed by atoms with van der Waals surface area (Å²) in [5.41, 5.74) is 4.34. The zero-order valence-electron chi connectivity index (χ0n) is 16.6. The summed E-state index contributed by atoms with van der Waals surface area (Å²) in [5.74, 6) is 0.497. The first-order valence-corrected chi connectivity index (χ1v) is 9.95. The van der Waals surface area contributed by atoms with Crippen molar-refractivity contribution < 1.29 is 0 Å². The Balaban J connectivity index is 1.53. The van der Waals surface area contributed by atoms with Gasteiger partial charge in [0, 0.05) is 29.7 Å². The average Bonchev–Trinajstić information content (AvgIpc) is 3.21. The van der Waals surface area contributed by atoms with Crippen LogP contribution in [0, 0.1) is 0 Å². The number of para-hydroxylation sites is 1. The van der Waals surface area contributed by atoms with Gasteiger partial charge in [-0.15, -0.1) is 0 Å². The lowest BCUT2D eigenvalue weighted by atomic mass is 10.1. The van der Waals surface area contributed by atoms with Crippen molar-refractivity contribution in [1.29, 1.82) is 0 Å². The van der Waals surface area contributed by atoms with Gasteiger partial charge in [-0.3, -0.25) is 14.5 Å². The van der Waals surface area contributed by atoms with Crippen molar-refractivity contribution in [2.24, 2.45) is 0 Å². The fraction of sp³-hybridized carbons (Fsp3) is 0.0400. The van der Waals surface area contributed by atoms with Gasteiger partial charge in [0.25, 0.3) is 5.56 Å². The predicted octanol–water partition coefficient (Wildman–Crippen LogP) is 4.40. The molecule has 0 fully saturated rings. The van der Waals surface area contributed by atoms with Gasteiger partial charge in [-0.05, 0) is 42.0 Å². The van der Waals surface area contributed by atoms with Crippen LogP contribution >= 0.6 is 0 Å². The van der Waals surface area contributed by atoms with Crippen LogP contribution in [-0.4, -0.2) is 24.7 Å². The molecule has 0 radical (unpaired) electrons. The molecule has 0 bridgehead atoms. The van der Waals surface area contributed by atoms with E-state index in [1.165, 1.54) is 5.56 Å². The van der Waals surface area contributed by atoms with Crippen LogP contribution in [0.2, 0.25) is 0 Å². The van der Waals surface area contributed by atoms with Gasteiger partial charge in [-0.2, -0.15) is 5.10 Å². The topological polar surface area (TPSA) is 76.5 Å². The number of aromatic nitrogens is 5. The molecule has 0 aliphatic rings. The molecule has 3 heterocycles. The molecule has 150 valence electrons. The van der Waals surface area contributed by atoms with Crippen molar-refractivity contribution in [3.63, 3.8) is 0 Å². The second kappa shape index (κ2) is 8.20. The van der Waals surface area contributed by atoms with Crippen molar-refractivity contribution in [2.75, 3.05) is 0 Å². The van der Waals surface area contributed by atoms with Gasteiger partial charge < -0.3 is 4.98 Å². The summed E-state index contributed by atoms with van der Waals surface area (Å²) in [6, 6.07) is 21.4. The molecular weight excluding hydrogens is 386 g/mol. The van der Waals surface area contributed by atoms with Crippen LogP contribution in [0.3, 0.4) is 0 Å². The fourth-order valence-electron chi connectivity index (χ4n) is 3.49. The van der Waals surface area contributed by atoms with Gasteiger partial charge in [0.05, 0.1) is 17.4 Å². The van der Waals surface area contributed by atoms with E-state index in [9.17, 15) is 4.79 Å². The lowest BCUT2D eigenvalue weighted by Crippen LogP contribution is -2.09. The predicted molar refractivity (Wildman–Crippen MR) is 122 cm³/mol. The third-order valence-electron chi connectivity index (χ3n) is 4.96. The Morgan fingerprint density at radius 2 is 1.77 bits per heavy atom. The molecule has 5 aromatic rings. The first-order chi connectivity index (χ1) is 15.3. The highest BCUT2D eigenvalue weighted by Crippen LogP contribution is 2.23. The van der Waals surface area contributed by atoms with Crippen LogP contribution in [0.25, 0.3) is 34.3 Å². The van der Waals surface area contributed by atoms with Crippen LogP contribution < -0.4 is 5.56 Å². The van der Waals surface area contributed by atoms with E-state index >= 15 is 0 Å². The first-order valence-electron chi connectivity index (χ1n) is 9.95. The maximum Gasteiger partial charge on any atom is 0.259 e. The molecule has 5 rings (SSSR count). The molecule has 1 N–H and O–H groups in total. The maximum atomic E-state index is 12.4. The summed E-state index contributed by atoms with van der Waals surface area (Å²) in [5, 5.41) is 5.36. The average molecular weight is 405 g/mol. The summed E-state index contributed by atoms with van der Waals surface area (Å²) >= 11 is 0. The number of rotatable bonds is 5. The molecule has 3 aromatic heterocycles. The molecule has 0 saturated carbocycles. The normalized spacial score (nSPS) is 11.4. The third-order valence-corrected chi connectivity index (χ3v) is 4.96. The zero-order valence-corrected chi connectivity index (χ0v) is 16.6. The monoisotopic (exact) mass is 405 g/mol. The van der Waals surface area contributed by atoms with Crippen LogP contribution in [-0.2, 0) is 6.54 Å². The van der Waals surface area contributed by atoms with Gasteiger partial charge in [0.1, 0.15) is 11.5 Å². The number of aromatic amines is 1. The summed E-state index contributed by atoms with van der Waals surface area (Å²) in [7, 11) is 0. The molecule has 0 atom stereocenters. The first kappa shape index (κ1) is 18.7. The zero-order chi connectivity index (χ0) is 21.0. The van der Waals surface area contributed by atoms with E-state index in [2.05, 4.69) is 27.1 Å². The molecule has 0 spiro atoms. The summed E-state index contributed by atoms with van der Waals surface area (Å²) < 4.78 is 1.91. The minimum atomic E-state index is -0.155. The molecule has 2 aromatic carbocycles. The van der Waals surface area contributed by atoms with E-state index in [-0.39, 0.29) is 5.56 Å². The highest BCUT2D eigenvalue weighted by Gasteiger charge is 2.10. The van der Waals surface area contributed by atoms with E-state index in [0.717, 1.165) is 16.8 Å². The Bertz CT molecular complexity index is 1420. The highest BCUT2D eigenvalue weighted by molar-refractivity contribution is 5.80. The number of nitrogens with one attached hydrogen (secondary N) is 1. The second-order valence-electron chi connectivity index (χ2n) is 7.16. The van der Waals surface area contributed by atoms with Crippen molar-refractivity contribution in [3.05, 3.63) is 113 Å². The maximum absolute atomic E-state index is 12.4. The molecule has 0 saturated heterocycles. The smallest absolute Gasteiger partial charge is 0.259 e. The van der Waals surface area contributed by atoms with E-state index in [0.29, 0.717) is 23.3 Å². The Labute approximate surface area is 178 Å². The van der Waals surface area contributed by atoms with Crippen LogP contribution in [0.1, 0.15) is 17.0 Å². The minimum Gasteiger partial charge on any atom is -0.306 e. The van der Waals surface area contributed by atoms with Gasteiger partial charge in [-0.1, -0.05) is 42.5 Å². The van der Waals surface area contributed by atoms with Gasteiger partial charge >= 0.3 is 0 Å².